The van der Waals surface area contributed by atoms with Crippen LogP contribution in [-0.2, 0) is 14.3 Å². The third-order valence-electron chi connectivity index (χ3n) is 14.9. The zero-order valence-electron chi connectivity index (χ0n) is 28.1. The van der Waals surface area contributed by atoms with Gasteiger partial charge >= 0.3 is 5.97 Å². The Kier molecular flexibility index (Phi) is 8.09. The number of hydrogen-bond acceptors (Lipinski definition) is 9. The molecule has 6 aliphatic rings. The number of aliphatic hydroxyl groups excluding tert-OH is 6. The Morgan fingerprint density at radius 1 is 0.933 bits per heavy atom. The average molecular weight is 633 g/mol. The molecule has 0 aromatic heterocycles. The van der Waals surface area contributed by atoms with Crippen LogP contribution in [0.25, 0.3) is 0 Å². The van der Waals surface area contributed by atoms with Crippen LogP contribution >= 0.6 is 0 Å². The molecule has 0 aromatic rings. The molecule has 1 aliphatic heterocycles. The smallest absolute Gasteiger partial charge is 0.315 e. The second-order valence-electron chi connectivity index (χ2n) is 17.0. The molecular weight excluding hydrogens is 576 g/mol. The van der Waals surface area contributed by atoms with E-state index in [2.05, 4.69) is 54.5 Å². The molecule has 0 radical (unpaired) electrons. The van der Waals surface area contributed by atoms with Gasteiger partial charge in [0.05, 0.1) is 24.2 Å². The van der Waals surface area contributed by atoms with Crippen LogP contribution in [-0.4, -0.2) is 86.1 Å². The molecule has 6 N–H and O–H groups in total. The summed E-state index contributed by atoms with van der Waals surface area (Å²) in [6, 6.07) is 0. The average Bonchev–Trinajstić information content (AvgIpc) is 2.98. The van der Waals surface area contributed by atoms with Crippen LogP contribution in [0.4, 0.5) is 0 Å². The molecule has 4 fully saturated rings. The van der Waals surface area contributed by atoms with Crippen molar-refractivity contribution < 1.29 is 44.9 Å². The fourth-order valence-corrected chi connectivity index (χ4v) is 11.9. The maximum atomic E-state index is 14.4. The number of carbonyl (C=O) groups is 1. The van der Waals surface area contributed by atoms with E-state index < -0.39 is 66.3 Å². The monoisotopic (exact) mass is 632 g/mol. The molecule has 0 amide bonds. The quantitative estimate of drug-likeness (QED) is 0.203. The molecule has 0 aromatic carbocycles. The molecule has 1 heterocycles. The number of aliphatic hydroxyl groups is 6. The van der Waals surface area contributed by atoms with Crippen molar-refractivity contribution in [3.63, 3.8) is 0 Å². The Morgan fingerprint density at radius 2 is 1.62 bits per heavy atom. The Balaban J connectivity index is 1.38. The summed E-state index contributed by atoms with van der Waals surface area (Å²) in [5, 5.41) is 63.2. The van der Waals surface area contributed by atoms with Crippen molar-refractivity contribution in [1.82, 2.24) is 0 Å². The first kappa shape index (κ1) is 33.6. The SMILES string of the molecule is CC1=C(C)C2C3=CCC4C5(C)CC(O)C(O)C(C)(C)C5CCC4(C)C3(C)CCC2(C(=O)OC2OC(CO)C(O)C(O)C2O)CC1. The zero-order valence-corrected chi connectivity index (χ0v) is 28.1. The van der Waals surface area contributed by atoms with Crippen molar-refractivity contribution in [2.75, 3.05) is 6.61 Å². The number of allylic oxidation sites excluding steroid dienone is 4. The second kappa shape index (κ2) is 10.8. The lowest BCUT2D eigenvalue weighted by Crippen LogP contribution is -2.67. The molecular formula is C36H56O9. The molecule has 45 heavy (non-hydrogen) atoms. The first-order chi connectivity index (χ1) is 20.9. The fourth-order valence-electron chi connectivity index (χ4n) is 11.9. The summed E-state index contributed by atoms with van der Waals surface area (Å²) in [7, 11) is 0. The van der Waals surface area contributed by atoms with E-state index >= 15 is 0 Å². The van der Waals surface area contributed by atoms with Crippen LogP contribution in [0.1, 0.15) is 99.8 Å². The summed E-state index contributed by atoms with van der Waals surface area (Å²) in [5.74, 6) is -0.0575. The van der Waals surface area contributed by atoms with E-state index in [4.69, 9.17) is 9.47 Å². The van der Waals surface area contributed by atoms with Gasteiger partial charge in [-0.1, -0.05) is 57.4 Å². The number of ether oxygens (including phenoxy) is 2. The molecule has 5 aliphatic carbocycles. The molecule has 14 unspecified atom stereocenters. The van der Waals surface area contributed by atoms with Gasteiger partial charge in [-0.3, -0.25) is 4.79 Å². The van der Waals surface area contributed by atoms with Gasteiger partial charge in [0.1, 0.15) is 24.4 Å². The molecule has 1 saturated heterocycles. The minimum Gasteiger partial charge on any atom is -0.432 e. The summed E-state index contributed by atoms with van der Waals surface area (Å²) in [6.07, 6.45) is -0.404. The lowest BCUT2D eigenvalue weighted by molar-refractivity contribution is -0.296. The van der Waals surface area contributed by atoms with Crippen LogP contribution in [0.2, 0.25) is 0 Å². The zero-order chi connectivity index (χ0) is 33.1. The van der Waals surface area contributed by atoms with Crippen LogP contribution in [0.15, 0.2) is 22.8 Å². The highest BCUT2D eigenvalue weighted by molar-refractivity contribution is 5.80. The standard InChI is InChI=1S/C36H56O9/c1-18-10-13-36(31(43)45-30-28(41)27(40)26(39)22(17-37)44-30)15-14-34(6)20(25(36)19(18)2)8-9-24-33(5)16-21(38)29(42)32(3,4)23(33)11-12-35(24,34)7/h8,21-30,37-42H,9-17H2,1-7H3. The summed E-state index contributed by atoms with van der Waals surface area (Å²) in [6.45, 7) is 15.1. The van der Waals surface area contributed by atoms with E-state index in [1.807, 2.05) is 0 Å². The highest BCUT2D eigenvalue weighted by atomic mass is 16.7. The minimum absolute atomic E-state index is 0.0839. The Bertz CT molecular complexity index is 1270. The Hall–Kier alpha value is -1.33. The van der Waals surface area contributed by atoms with E-state index in [0.29, 0.717) is 25.2 Å². The number of carbonyl (C=O) groups excluding carboxylic acids is 1. The summed E-state index contributed by atoms with van der Waals surface area (Å²) < 4.78 is 11.5. The summed E-state index contributed by atoms with van der Waals surface area (Å²) in [4.78, 5) is 14.4. The number of rotatable bonds is 3. The van der Waals surface area contributed by atoms with Crippen LogP contribution in [0, 0.1) is 44.8 Å². The topological polar surface area (TPSA) is 157 Å². The highest BCUT2D eigenvalue weighted by Gasteiger charge is 2.70. The lowest BCUT2D eigenvalue weighted by Gasteiger charge is -2.71. The van der Waals surface area contributed by atoms with Gasteiger partial charge < -0.3 is 40.1 Å². The lowest BCUT2D eigenvalue weighted by atomic mass is 9.33. The molecule has 254 valence electrons. The van der Waals surface area contributed by atoms with Crippen molar-refractivity contribution in [3.05, 3.63) is 22.8 Å². The number of hydrogen-bond donors (Lipinski definition) is 6. The first-order valence-corrected chi connectivity index (χ1v) is 17.1. The predicted molar refractivity (Wildman–Crippen MR) is 166 cm³/mol. The van der Waals surface area contributed by atoms with E-state index in [-0.39, 0.29) is 28.1 Å². The molecule has 6 rings (SSSR count). The van der Waals surface area contributed by atoms with Gasteiger partial charge in [-0.2, -0.15) is 0 Å². The van der Waals surface area contributed by atoms with Crippen LogP contribution in [0.3, 0.4) is 0 Å². The van der Waals surface area contributed by atoms with Gasteiger partial charge in [-0.15, -0.1) is 0 Å². The van der Waals surface area contributed by atoms with Crippen molar-refractivity contribution in [2.24, 2.45) is 44.8 Å². The largest absolute Gasteiger partial charge is 0.432 e. The summed E-state index contributed by atoms with van der Waals surface area (Å²) in [5.41, 5.74) is 2.04. The Labute approximate surface area is 267 Å². The van der Waals surface area contributed by atoms with Gasteiger partial charge in [-0.05, 0) is 98.7 Å². The van der Waals surface area contributed by atoms with Crippen molar-refractivity contribution in [1.29, 1.82) is 0 Å². The second-order valence-corrected chi connectivity index (χ2v) is 17.0. The Morgan fingerprint density at radius 3 is 2.29 bits per heavy atom. The molecule has 0 bridgehead atoms. The number of fused-ring (bicyclic) bond motifs is 7. The summed E-state index contributed by atoms with van der Waals surface area (Å²) >= 11 is 0. The van der Waals surface area contributed by atoms with Crippen molar-refractivity contribution >= 4 is 5.97 Å². The normalized spacial score (nSPS) is 52.5. The van der Waals surface area contributed by atoms with Crippen LogP contribution < -0.4 is 0 Å². The number of esters is 1. The van der Waals surface area contributed by atoms with Crippen molar-refractivity contribution in [2.45, 2.75) is 143 Å². The molecule has 9 nitrogen and oxygen atoms in total. The van der Waals surface area contributed by atoms with Gasteiger partial charge in [0.25, 0.3) is 0 Å². The molecule has 9 heteroatoms. The van der Waals surface area contributed by atoms with Gasteiger partial charge in [0.2, 0.25) is 6.29 Å². The van der Waals surface area contributed by atoms with Crippen molar-refractivity contribution in [3.8, 4) is 0 Å². The molecule has 0 spiro atoms. The van der Waals surface area contributed by atoms with E-state index in [0.717, 1.165) is 32.1 Å². The van der Waals surface area contributed by atoms with Gasteiger partial charge in [-0.25, -0.2) is 0 Å². The highest BCUT2D eigenvalue weighted by Crippen LogP contribution is 2.75. The van der Waals surface area contributed by atoms with E-state index in [9.17, 15) is 35.4 Å². The molecule has 3 saturated carbocycles. The fraction of sp³-hybridized carbons (Fsp3) is 0.861. The maximum Gasteiger partial charge on any atom is 0.315 e. The van der Waals surface area contributed by atoms with Gasteiger partial charge in [0.15, 0.2) is 0 Å². The third-order valence-corrected chi connectivity index (χ3v) is 14.9. The maximum absolute atomic E-state index is 14.4. The van der Waals surface area contributed by atoms with Gasteiger partial charge in [0, 0.05) is 5.92 Å². The minimum atomic E-state index is -1.64. The predicted octanol–water partition coefficient (Wildman–Crippen LogP) is 3.38. The van der Waals surface area contributed by atoms with E-state index in [1.54, 1.807) is 0 Å². The van der Waals surface area contributed by atoms with Crippen LogP contribution in [0.5, 0.6) is 0 Å². The third kappa shape index (κ3) is 4.40. The molecule has 14 atom stereocenters. The first-order valence-electron chi connectivity index (χ1n) is 17.1. The van der Waals surface area contributed by atoms with E-state index in [1.165, 1.54) is 16.7 Å².